The number of rotatable bonds is 4. The number of nitrogens with zero attached hydrogens (tertiary/aromatic N) is 2. The Balaban J connectivity index is 1.80. The molecule has 2 fully saturated rings. The molecular weight excluding hydrogens is 200 g/mol. The zero-order valence-electron chi connectivity index (χ0n) is 10.5. The minimum atomic E-state index is 0.697. The van der Waals surface area contributed by atoms with Crippen LogP contribution in [0.15, 0.2) is 0 Å². The molecule has 0 aliphatic carbocycles. The van der Waals surface area contributed by atoms with Gasteiger partial charge in [0, 0.05) is 39.3 Å². The second-order valence-corrected chi connectivity index (χ2v) is 5.36. The first-order valence-corrected chi connectivity index (χ1v) is 6.61. The molecule has 0 aromatic rings. The molecule has 2 saturated heterocycles. The molecule has 2 heterocycles. The van der Waals surface area contributed by atoms with E-state index in [1.165, 1.54) is 39.1 Å². The predicted octanol–water partition coefficient (Wildman–Crippen LogP) is -0.582. The van der Waals surface area contributed by atoms with Crippen LogP contribution in [0.2, 0.25) is 0 Å². The highest BCUT2D eigenvalue weighted by Crippen LogP contribution is 2.23. The molecule has 3 N–H and O–H groups in total. The number of nitrogens with one attached hydrogen (secondary N) is 1. The zero-order chi connectivity index (χ0) is 11.4. The summed E-state index contributed by atoms with van der Waals surface area (Å²) < 4.78 is 0. The van der Waals surface area contributed by atoms with Crippen molar-refractivity contribution >= 4 is 0 Å². The van der Waals surface area contributed by atoms with Gasteiger partial charge in [-0.3, -0.25) is 0 Å². The van der Waals surface area contributed by atoms with E-state index >= 15 is 0 Å². The van der Waals surface area contributed by atoms with Gasteiger partial charge in [-0.1, -0.05) is 0 Å². The molecule has 0 amide bonds. The van der Waals surface area contributed by atoms with Gasteiger partial charge in [-0.2, -0.15) is 0 Å². The van der Waals surface area contributed by atoms with E-state index in [9.17, 15) is 0 Å². The van der Waals surface area contributed by atoms with Gasteiger partial charge in [0.15, 0.2) is 0 Å². The molecule has 2 unspecified atom stereocenters. The minimum Gasteiger partial charge on any atom is -0.330 e. The molecule has 0 aromatic carbocycles. The van der Waals surface area contributed by atoms with Gasteiger partial charge < -0.3 is 20.9 Å². The van der Waals surface area contributed by atoms with Crippen molar-refractivity contribution in [3.63, 3.8) is 0 Å². The van der Waals surface area contributed by atoms with Crippen LogP contribution in [0.1, 0.15) is 6.42 Å². The third kappa shape index (κ3) is 3.17. The summed E-state index contributed by atoms with van der Waals surface area (Å²) in [4.78, 5) is 5.01. The standard InChI is InChI=1S/C12H26N4/c1-15-5-2-11(9-15)12(8-13)10-16-6-3-14-4-7-16/h11-12,14H,2-10,13H2,1H3. The van der Waals surface area contributed by atoms with Crippen LogP contribution >= 0.6 is 0 Å². The Morgan fingerprint density at radius 2 is 2.06 bits per heavy atom. The molecule has 0 radical (unpaired) electrons. The first-order valence-electron chi connectivity index (χ1n) is 6.61. The Labute approximate surface area is 99.2 Å². The number of hydrogen-bond acceptors (Lipinski definition) is 4. The fraction of sp³-hybridized carbons (Fsp3) is 1.00. The van der Waals surface area contributed by atoms with Crippen molar-refractivity contribution in [3.05, 3.63) is 0 Å². The highest BCUT2D eigenvalue weighted by Gasteiger charge is 2.28. The monoisotopic (exact) mass is 226 g/mol. The summed E-state index contributed by atoms with van der Waals surface area (Å²) in [6, 6.07) is 0. The lowest BCUT2D eigenvalue weighted by molar-refractivity contribution is 0.176. The normalized spacial score (nSPS) is 30.8. The lowest BCUT2D eigenvalue weighted by Crippen LogP contribution is -2.47. The van der Waals surface area contributed by atoms with E-state index in [0.29, 0.717) is 5.92 Å². The van der Waals surface area contributed by atoms with Gasteiger partial charge >= 0.3 is 0 Å². The average Bonchev–Trinajstić information content (AvgIpc) is 2.74. The molecule has 0 aromatic heterocycles. The van der Waals surface area contributed by atoms with Gasteiger partial charge in [-0.05, 0) is 38.4 Å². The average molecular weight is 226 g/mol. The second-order valence-electron chi connectivity index (χ2n) is 5.36. The smallest absolute Gasteiger partial charge is 0.0107 e. The number of hydrogen-bond donors (Lipinski definition) is 2. The third-order valence-electron chi connectivity index (χ3n) is 4.10. The van der Waals surface area contributed by atoms with E-state index in [4.69, 9.17) is 5.73 Å². The summed E-state index contributed by atoms with van der Waals surface area (Å²) in [5, 5.41) is 3.40. The Morgan fingerprint density at radius 3 is 2.62 bits per heavy atom. The van der Waals surface area contributed by atoms with E-state index < -0.39 is 0 Å². The predicted molar refractivity (Wildman–Crippen MR) is 67.5 cm³/mol. The first-order chi connectivity index (χ1) is 7.79. The Morgan fingerprint density at radius 1 is 1.31 bits per heavy atom. The van der Waals surface area contributed by atoms with Gasteiger partial charge in [0.2, 0.25) is 0 Å². The molecule has 4 nitrogen and oxygen atoms in total. The Kier molecular flexibility index (Phi) is 4.58. The lowest BCUT2D eigenvalue weighted by atomic mass is 9.91. The molecule has 0 saturated carbocycles. The zero-order valence-corrected chi connectivity index (χ0v) is 10.5. The molecule has 2 aliphatic heterocycles. The number of nitrogens with two attached hydrogens (primary N) is 1. The van der Waals surface area contributed by atoms with Crippen LogP contribution in [0.25, 0.3) is 0 Å². The van der Waals surface area contributed by atoms with Gasteiger partial charge in [0.1, 0.15) is 0 Å². The molecule has 0 bridgehead atoms. The third-order valence-corrected chi connectivity index (χ3v) is 4.10. The SMILES string of the molecule is CN1CCC(C(CN)CN2CCNCC2)C1. The van der Waals surface area contributed by atoms with Crippen molar-refractivity contribution in [2.75, 3.05) is 59.4 Å². The lowest BCUT2D eigenvalue weighted by Gasteiger charge is -2.32. The van der Waals surface area contributed by atoms with Crippen molar-refractivity contribution in [1.29, 1.82) is 0 Å². The van der Waals surface area contributed by atoms with Crippen molar-refractivity contribution in [2.24, 2.45) is 17.6 Å². The maximum Gasteiger partial charge on any atom is 0.0107 e. The van der Waals surface area contributed by atoms with Gasteiger partial charge in [-0.25, -0.2) is 0 Å². The molecule has 2 rings (SSSR count). The topological polar surface area (TPSA) is 44.5 Å². The Bertz CT molecular complexity index is 203. The summed E-state index contributed by atoms with van der Waals surface area (Å²) in [6.45, 7) is 9.22. The van der Waals surface area contributed by atoms with E-state index in [1.807, 2.05) is 0 Å². The molecule has 94 valence electrons. The summed E-state index contributed by atoms with van der Waals surface area (Å²) in [5.74, 6) is 1.52. The quantitative estimate of drug-likeness (QED) is 0.673. The number of piperazine rings is 1. The molecule has 0 spiro atoms. The highest BCUT2D eigenvalue weighted by atomic mass is 15.2. The van der Waals surface area contributed by atoms with Crippen LogP contribution in [0, 0.1) is 11.8 Å². The van der Waals surface area contributed by atoms with Crippen molar-refractivity contribution in [2.45, 2.75) is 6.42 Å². The summed E-state index contributed by atoms with van der Waals surface area (Å²) in [6.07, 6.45) is 1.34. The van der Waals surface area contributed by atoms with E-state index in [-0.39, 0.29) is 0 Å². The van der Waals surface area contributed by atoms with Crippen molar-refractivity contribution < 1.29 is 0 Å². The van der Waals surface area contributed by atoms with Crippen molar-refractivity contribution in [3.8, 4) is 0 Å². The van der Waals surface area contributed by atoms with Crippen molar-refractivity contribution in [1.82, 2.24) is 15.1 Å². The van der Waals surface area contributed by atoms with Crippen LogP contribution in [-0.4, -0.2) is 69.2 Å². The minimum absolute atomic E-state index is 0.697. The molecule has 2 atom stereocenters. The van der Waals surface area contributed by atoms with Gasteiger partial charge in [0.25, 0.3) is 0 Å². The van der Waals surface area contributed by atoms with E-state index in [2.05, 4.69) is 22.2 Å². The van der Waals surface area contributed by atoms with Crippen LogP contribution in [0.4, 0.5) is 0 Å². The number of likely N-dealkylation sites (tertiary alicyclic amines) is 1. The highest BCUT2D eigenvalue weighted by molar-refractivity contribution is 4.83. The second kappa shape index (κ2) is 5.96. The van der Waals surface area contributed by atoms with Gasteiger partial charge in [-0.15, -0.1) is 0 Å². The van der Waals surface area contributed by atoms with Crippen LogP contribution in [0.5, 0.6) is 0 Å². The van der Waals surface area contributed by atoms with E-state index in [1.54, 1.807) is 0 Å². The molecular formula is C12H26N4. The van der Waals surface area contributed by atoms with Crippen LogP contribution < -0.4 is 11.1 Å². The van der Waals surface area contributed by atoms with E-state index in [0.717, 1.165) is 25.6 Å². The van der Waals surface area contributed by atoms with Crippen LogP contribution in [0.3, 0.4) is 0 Å². The summed E-state index contributed by atoms with van der Waals surface area (Å²) >= 11 is 0. The fourth-order valence-electron chi connectivity index (χ4n) is 3.00. The summed E-state index contributed by atoms with van der Waals surface area (Å²) in [5.41, 5.74) is 5.95. The molecule has 2 aliphatic rings. The first kappa shape index (κ1) is 12.3. The van der Waals surface area contributed by atoms with Crippen LogP contribution in [-0.2, 0) is 0 Å². The van der Waals surface area contributed by atoms with Gasteiger partial charge in [0.05, 0.1) is 0 Å². The molecule has 16 heavy (non-hydrogen) atoms. The molecule has 4 heteroatoms. The Hall–Kier alpha value is -0.160. The maximum absolute atomic E-state index is 5.95. The largest absolute Gasteiger partial charge is 0.330 e. The fourth-order valence-corrected chi connectivity index (χ4v) is 3.00. The summed E-state index contributed by atoms with van der Waals surface area (Å²) in [7, 11) is 2.22. The maximum atomic E-state index is 5.95.